The van der Waals surface area contributed by atoms with Gasteiger partial charge in [-0.15, -0.1) is 0 Å². The van der Waals surface area contributed by atoms with E-state index in [0.717, 1.165) is 16.5 Å². The third-order valence-corrected chi connectivity index (χ3v) is 3.74. The Hall–Kier alpha value is -2.81. The Morgan fingerprint density at radius 2 is 1.77 bits per heavy atom. The van der Waals surface area contributed by atoms with Gasteiger partial charge < -0.3 is 10.4 Å². The van der Waals surface area contributed by atoms with Crippen LogP contribution in [0.2, 0.25) is 0 Å². The second-order valence-corrected chi connectivity index (χ2v) is 5.37. The van der Waals surface area contributed by atoms with E-state index in [1.807, 2.05) is 18.2 Å². The Morgan fingerprint density at radius 3 is 2.55 bits per heavy atom. The summed E-state index contributed by atoms with van der Waals surface area (Å²) in [5.74, 6) is -0.0539. The Kier molecular flexibility index (Phi) is 3.79. The van der Waals surface area contributed by atoms with Gasteiger partial charge in [-0.25, -0.2) is 0 Å². The molecule has 3 rings (SSSR count). The zero-order valence-corrected chi connectivity index (χ0v) is 12.3. The van der Waals surface area contributed by atoms with E-state index in [4.69, 9.17) is 0 Å². The number of carbonyl (C=O) groups is 1. The maximum atomic E-state index is 12.1. The van der Waals surface area contributed by atoms with E-state index >= 15 is 0 Å². The van der Waals surface area contributed by atoms with E-state index < -0.39 is 0 Å². The number of fused-ring (bicyclic) bond motifs is 1. The number of rotatable bonds is 3. The molecule has 1 amide bonds. The molecule has 0 aromatic heterocycles. The highest BCUT2D eigenvalue weighted by molar-refractivity contribution is 5.94. The molecule has 0 bridgehead atoms. The summed E-state index contributed by atoms with van der Waals surface area (Å²) >= 11 is 0. The topological polar surface area (TPSA) is 49.3 Å². The largest absolute Gasteiger partial charge is 0.508 e. The molecule has 0 aliphatic carbocycles. The highest BCUT2D eigenvalue weighted by Gasteiger charge is 2.07. The fourth-order valence-corrected chi connectivity index (χ4v) is 2.38. The fraction of sp³-hybridized carbons (Fsp3) is 0.105. The van der Waals surface area contributed by atoms with Crippen molar-refractivity contribution in [3.8, 4) is 5.75 Å². The summed E-state index contributed by atoms with van der Waals surface area (Å²) in [7, 11) is 0. The van der Waals surface area contributed by atoms with E-state index in [1.165, 1.54) is 11.5 Å². The van der Waals surface area contributed by atoms with Gasteiger partial charge in [0.05, 0.1) is 0 Å². The molecule has 2 N–H and O–H groups in total. The molecule has 3 aromatic carbocycles. The van der Waals surface area contributed by atoms with Gasteiger partial charge in [-0.2, -0.15) is 0 Å². The van der Waals surface area contributed by atoms with E-state index in [1.54, 1.807) is 19.1 Å². The predicted octanol–water partition coefficient (Wildman–Crippen LogP) is 3.78. The molecule has 0 unspecified atom stereocenters. The van der Waals surface area contributed by atoms with Crippen molar-refractivity contribution < 1.29 is 9.90 Å². The van der Waals surface area contributed by atoms with Crippen molar-refractivity contribution in [2.24, 2.45) is 0 Å². The first-order valence-corrected chi connectivity index (χ1v) is 7.19. The van der Waals surface area contributed by atoms with Gasteiger partial charge >= 0.3 is 0 Å². The van der Waals surface area contributed by atoms with E-state index in [9.17, 15) is 9.90 Å². The van der Waals surface area contributed by atoms with Crippen LogP contribution in [0.4, 0.5) is 0 Å². The first-order valence-electron chi connectivity index (χ1n) is 7.19. The van der Waals surface area contributed by atoms with Gasteiger partial charge in [-0.1, -0.05) is 42.5 Å². The molecule has 110 valence electrons. The maximum absolute atomic E-state index is 12.1. The molecule has 0 fully saturated rings. The van der Waals surface area contributed by atoms with Crippen LogP contribution in [0.1, 0.15) is 21.5 Å². The number of hydrogen-bond donors (Lipinski definition) is 2. The molecule has 0 saturated carbocycles. The average molecular weight is 291 g/mol. The van der Waals surface area contributed by atoms with Crippen LogP contribution in [-0.4, -0.2) is 11.0 Å². The van der Waals surface area contributed by atoms with Crippen molar-refractivity contribution in [1.82, 2.24) is 5.32 Å². The summed E-state index contributed by atoms with van der Waals surface area (Å²) in [6.07, 6.45) is 0. The van der Waals surface area contributed by atoms with Gasteiger partial charge in [-0.3, -0.25) is 4.79 Å². The summed E-state index contributed by atoms with van der Waals surface area (Å²) in [5.41, 5.74) is 2.26. The van der Waals surface area contributed by atoms with Crippen LogP contribution in [-0.2, 0) is 6.54 Å². The van der Waals surface area contributed by atoms with Crippen molar-refractivity contribution in [2.45, 2.75) is 13.5 Å². The Labute approximate surface area is 129 Å². The van der Waals surface area contributed by atoms with Crippen LogP contribution in [0.3, 0.4) is 0 Å². The molecule has 0 atom stereocenters. The van der Waals surface area contributed by atoms with Crippen molar-refractivity contribution in [3.05, 3.63) is 77.4 Å². The average Bonchev–Trinajstić information content (AvgIpc) is 2.55. The number of aryl methyl sites for hydroxylation is 1. The molecular weight excluding hydrogens is 274 g/mol. The number of benzene rings is 3. The highest BCUT2D eigenvalue weighted by Crippen LogP contribution is 2.18. The lowest BCUT2D eigenvalue weighted by atomic mass is 10.1. The van der Waals surface area contributed by atoms with Gasteiger partial charge in [0.25, 0.3) is 5.91 Å². The first kappa shape index (κ1) is 14.1. The van der Waals surface area contributed by atoms with Gasteiger partial charge in [0.15, 0.2) is 0 Å². The fourth-order valence-electron chi connectivity index (χ4n) is 2.38. The summed E-state index contributed by atoms with van der Waals surface area (Å²) in [6, 6.07) is 19.2. The number of amides is 1. The molecule has 3 nitrogen and oxygen atoms in total. The number of nitrogens with one attached hydrogen (secondary N) is 1. The Bertz CT molecular complexity index is 840. The number of phenols is 1. The van der Waals surface area contributed by atoms with E-state index in [0.29, 0.717) is 12.1 Å². The quantitative estimate of drug-likeness (QED) is 0.771. The molecule has 0 heterocycles. The van der Waals surface area contributed by atoms with Crippen LogP contribution < -0.4 is 5.32 Å². The third-order valence-electron chi connectivity index (χ3n) is 3.74. The molecule has 0 radical (unpaired) electrons. The minimum absolute atomic E-state index is 0.137. The molecule has 0 spiro atoms. The van der Waals surface area contributed by atoms with Crippen molar-refractivity contribution in [1.29, 1.82) is 0 Å². The smallest absolute Gasteiger partial charge is 0.251 e. The van der Waals surface area contributed by atoms with Crippen LogP contribution in [0.15, 0.2) is 60.7 Å². The van der Waals surface area contributed by atoms with Crippen LogP contribution in [0, 0.1) is 6.92 Å². The summed E-state index contributed by atoms with van der Waals surface area (Å²) in [5, 5.41) is 14.9. The molecular formula is C19H17NO2. The van der Waals surface area contributed by atoms with Crippen LogP contribution >= 0.6 is 0 Å². The Morgan fingerprint density at radius 1 is 1.00 bits per heavy atom. The van der Waals surface area contributed by atoms with Crippen LogP contribution in [0.5, 0.6) is 5.75 Å². The minimum atomic E-state index is -0.191. The van der Waals surface area contributed by atoms with E-state index in [2.05, 4.69) is 29.6 Å². The molecule has 3 aromatic rings. The van der Waals surface area contributed by atoms with E-state index in [-0.39, 0.29) is 11.7 Å². The molecule has 0 saturated heterocycles. The lowest BCUT2D eigenvalue weighted by Gasteiger charge is -2.08. The van der Waals surface area contributed by atoms with Gasteiger partial charge in [0.2, 0.25) is 0 Å². The monoisotopic (exact) mass is 291 g/mol. The zero-order valence-electron chi connectivity index (χ0n) is 12.3. The number of aromatic hydroxyl groups is 1. The SMILES string of the molecule is Cc1ccc(C(=O)NCc2ccc3ccccc3c2)cc1O. The number of carbonyl (C=O) groups excluding carboxylic acids is 1. The first-order chi connectivity index (χ1) is 10.6. The highest BCUT2D eigenvalue weighted by atomic mass is 16.3. The van der Waals surface area contributed by atoms with Gasteiger partial charge in [-0.05, 0) is 47.0 Å². The number of hydrogen-bond acceptors (Lipinski definition) is 2. The minimum Gasteiger partial charge on any atom is -0.508 e. The standard InChI is InChI=1S/C19H17NO2/c1-13-6-8-17(11-18(13)21)19(22)20-12-14-7-9-15-4-2-3-5-16(15)10-14/h2-11,21H,12H2,1H3,(H,20,22). The van der Waals surface area contributed by atoms with Crippen molar-refractivity contribution >= 4 is 16.7 Å². The lowest BCUT2D eigenvalue weighted by molar-refractivity contribution is 0.0950. The van der Waals surface area contributed by atoms with Crippen molar-refractivity contribution in [3.63, 3.8) is 0 Å². The second kappa shape index (κ2) is 5.90. The van der Waals surface area contributed by atoms with Gasteiger partial charge in [0, 0.05) is 12.1 Å². The second-order valence-electron chi connectivity index (χ2n) is 5.37. The maximum Gasteiger partial charge on any atom is 0.251 e. The summed E-state index contributed by atoms with van der Waals surface area (Å²) in [6.45, 7) is 2.25. The predicted molar refractivity (Wildman–Crippen MR) is 88.0 cm³/mol. The molecule has 0 aliphatic heterocycles. The summed E-state index contributed by atoms with van der Waals surface area (Å²) in [4.78, 5) is 12.1. The lowest BCUT2D eigenvalue weighted by Crippen LogP contribution is -2.22. The molecule has 0 aliphatic rings. The van der Waals surface area contributed by atoms with Crippen LogP contribution in [0.25, 0.3) is 10.8 Å². The van der Waals surface area contributed by atoms with Gasteiger partial charge in [0.1, 0.15) is 5.75 Å². The Balaban J connectivity index is 1.72. The zero-order chi connectivity index (χ0) is 15.5. The summed E-state index contributed by atoms with van der Waals surface area (Å²) < 4.78 is 0. The van der Waals surface area contributed by atoms with Crippen molar-refractivity contribution in [2.75, 3.05) is 0 Å². The number of phenolic OH excluding ortho intramolecular Hbond substituents is 1. The molecule has 3 heteroatoms. The normalized spacial score (nSPS) is 10.6. The molecule has 22 heavy (non-hydrogen) atoms. The third kappa shape index (κ3) is 2.93.